The highest BCUT2D eigenvalue weighted by Crippen LogP contribution is 2.27. The van der Waals surface area contributed by atoms with E-state index in [2.05, 4.69) is 5.10 Å². The summed E-state index contributed by atoms with van der Waals surface area (Å²) in [5.74, 6) is 0.332. The molecule has 8 nitrogen and oxygen atoms in total. The molecular weight excluding hydrogens is 499 g/mol. The Kier molecular flexibility index (Phi) is 9.25. The minimum atomic E-state index is -0.470. The van der Waals surface area contributed by atoms with Crippen molar-refractivity contribution in [1.82, 2.24) is 24.1 Å². The number of nitrogens with two attached hydrogens (primary N) is 1. The van der Waals surface area contributed by atoms with Crippen LogP contribution in [0.4, 0.5) is 0 Å². The molecule has 0 fully saturated rings. The number of halogens is 2. The van der Waals surface area contributed by atoms with E-state index in [1.54, 1.807) is 9.47 Å². The summed E-state index contributed by atoms with van der Waals surface area (Å²) in [7, 11) is 0. The third-order valence-corrected chi connectivity index (χ3v) is 6.28. The number of carbonyl (C=O) groups is 1. The number of fused-ring (bicyclic) bond motifs is 1. The highest BCUT2D eigenvalue weighted by Gasteiger charge is 2.29. The van der Waals surface area contributed by atoms with Crippen molar-refractivity contribution in [3.63, 3.8) is 0 Å². The van der Waals surface area contributed by atoms with E-state index in [-0.39, 0.29) is 41.2 Å². The van der Waals surface area contributed by atoms with Gasteiger partial charge in [0, 0.05) is 12.1 Å². The van der Waals surface area contributed by atoms with Gasteiger partial charge in [-0.2, -0.15) is 9.61 Å². The van der Waals surface area contributed by atoms with Crippen LogP contribution in [-0.2, 0) is 6.54 Å². The van der Waals surface area contributed by atoms with E-state index >= 15 is 0 Å². The lowest BCUT2D eigenvalue weighted by Gasteiger charge is -2.32. The maximum absolute atomic E-state index is 13.7. The molecule has 0 saturated carbocycles. The molecule has 0 spiro atoms. The molecule has 0 aliphatic carbocycles. The lowest BCUT2D eigenvalue weighted by Crippen LogP contribution is -2.41. The number of amides is 1. The molecule has 0 saturated heterocycles. The standard InChI is InChI=1S/C26H29ClN6O2.ClH/c1-3-22(31(15-7-14-28)25(34)20-12-10-18(2)11-13-20)24-30-23-21(27)16-29-33(23)26(35)32(24)17-19-8-5-4-6-9-19;/h4-6,8-13,16,22H,3,7,14-15,17,28H2,1-2H3;1H/t22-;/m1./s1. The fraction of sp³-hybridized carbons (Fsp3) is 0.308. The van der Waals surface area contributed by atoms with Crippen molar-refractivity contribution in [1.29, 1.82) is 0 Å². The van der Waals surface area contributed by atoms with E-state index in [9.17, 15) is 9.59 Å². The van der Waals surface area contributed by atoms with E-state index in [0.29, 0.717) is 37.3 Å². The average Bonchev–Trinajstić information content (AvgIpc) is 3.25. The first-order chi connectivity index (χ1) is 16.9. The van der Waals surface area contributed by atoms with Crippen LogP contribution in [0.1, 0.15) is 53.1 Å². The molecule has 36 heavy (non-hydrogen) atoms. The van der Waals surface area contributed by atoms with Crippen molar-refractivity contribution in [2.45, 2.75) is 39.3 Å². The van der Waals surface area contributed by atoms with Gasteiger partial charge in [-0.3, -0.25) is 9.36 Å². The molecule has 0 bridgehead atoms. The quantitative estimate of drug-likeness (QED) is 0.349. The predicted octanol–water partition coefficient (Wildman–Crippen LogP) is 4.27. The van der Waals surface area contributed by atoms with Crippen LogP contribution in [0, 0.1) is 6.92 Å². The Bertz CT molecular complexity index is 1370. The van der Waals surface area contributed by atoms with E-state index in [1.807, 2.05) is 68.4 Å². The topological polar surface area (TPSA) is 98.5 Å². The third-order valence-electron chi connectivity index (χ3n) is 6.02. The van der Waals surface area contributed by atoms with Crippen molar-refractivity contribution in [2.75, 3.05) is 13.1 Å². The van der Waals surface area contributed by atoms with Gasteiger partial charge >= 0.3 is 5.69 Å². The van der Waals surface area contributed by atoms with E-state index in [4.69, 9.17) is 22.3 Å². The molecule has 4 rings (SSSR count). The zero-order chi connectivity index (χ0) is 24.9. The van der Waals surface area contributed by atoms with Crippen molar-refractivity contribution in [3.05, 3.63) is 98.8 Å². The van der Waals surface area contributed by atoms with Gasteiger partial charge in [-0.05, 0) is 44.0 Å². The number of rotatable bonds is 9. The lowest BCUT2D eigenvalue weighted by atomic mass is 10.1. The van der Waals surface area contributed by atoms with Crippen LogP contribution < -0.4 is 11.4 Å². The fourth-order valence-electron chi connectivity index (χ4n) is 4.18. The second kappa shape index (κ2) is 12.2. The van der Waals surface area contributed by atoms with Crippen LogP contribution in [0.5, 0.6) is 0 Å². The second-order valence-electron chi connectivity index (χ2n) is 8.48. The fourth-order valence-corrected chi connectivity index (χ4v) is 4.34. The number of hydrogen-bond acceptors (Lipinski definition) is 5. The summed E-state index contributed by atoms with van der Waals surface area (Å²) in [6.07, 6.45) is 2.57. The van der Waals surface area contributed by atoms with Crippen molar-refractivity contribution in [3.8, 4) is 0 Å². The zero-order valence-electron chi connectivity index (χ0n) is 20.3. The normalized spacial score (nSPS) is 11.8. The molecule has 2 N–H and O–H groups in total. The van der Waals surface area contributed by atoms with Crippen LogP contribution in [0.15, 0.2) is 65.6 Å². The van der Waals surface area contributed by atoms with E-state index < -0.39 is 6.04 Å². The SMILES string of the molecule is CC[C@H](c1nc2c(Cl)cnn2c(=O)n1Cc1ccccc1)N(CCCN)C(=O)c1ccc(C)cc1.Cl. The Labute approximate surface area is 221 Å². The number of aryl methyl sites for hydroxylation is 1. The predicted molar refractivity (Wildman–Crippen MR) is 144 cm³/mol. The van der Waals surface area contributed by atoms with Gasteiger partial charge in [-0.15, -0.1) is 12.4 Å². The molecule has 2 heterocycles. The molecule has 4 aromatic rings. The Balaban J connectivity index is 0.00000361. The molecule has 2 aromatic heterocycles. The summed E-state index contributed by atoms with van der Waals surface area (Å²) in [5, 5.41) is 4.40. The van der Waals surface area contributed by atoms with Crippen LogP contribution in [0.3, 0.4) is 0 Å². The smallest absolute Gasteiger partial charge is 0.330 e. The van der Waals surface area contributed by atoms with Crippen molar-refractivity contribution >= 4 is 35.6 Å². The largest absolute Gasteiger partial charge is 0.352 e. The van der Waals surface area contributed by atoms with Gasteiger partial charge in [-0.1, -0.05) is 66.6 Å². The van der Waals surface area contributed by atoms with Gasteiger partial charge in [0.15, 0.2) is 5.65 Å². The minimum Gasteiger partial charge on any atom is -0.330 e. The number of aromatic nitrogens is 4. The molecule has 1 atom stereocenters. The molecule has 0 aliphatic heterocycles. The van der Waals surface area contributed by atoms with E-state index in [0.717, 1.165) is 11.1 Å². The maximum atomic E-state index is 13.7. The summed E-state index contributed by atoms with van der Waals surface area (Å²) >= 11 is 6.32. The summed E-state index contributed by atoms with van der Waals surface area (Å²) in [5.41, 5.74) is 8.31. The molecule has 0 aliphatic rings. The average molecular weight is 529 g/mol. The number of benzene rings is 2. The van der Waals surface area contributed by atoms with Crippen LogP contribution in [-0.4, -0.2) is 43.1 Å². The molecule has 2 aromatic carbocycles. The van der Waals surface area contributed by atoms with Gasteiger partial charge in [0.2, 0.25) is 0 Å². The monoisotopic (exact) mass is 528 g/mol. The first-order valence-electron chi connectivity index (χ1n) is 11.7. The number of nitrogens with zero attached hydrogens (tertiary/aromatic N) is 5. The maximum Gasteiger partial charge on any atom is 0.352 e. The third kappa shape index (κ3) is 5.61. The highest BCUT2D eigenvalue weighted by molar-refractivity contribution is 6.33. The lowest BCUT2D eigenvalue weighted by molar-refractivity contribution is 0.0655. The van der Waals surface area contributed by atoms with Gasteiger partial charge in [0.1, 0.15) is 10.8 Å². The van der Waals surface area contributed by atoms with Gasteiger partial charge in [0.25, 0.3) is 5.91 Å². The Morgan fingerprint density at radius 2 is 1.83 bits per heavy atom. The highest BCUT2D eigenvalue weighted by atomic mass is 35.5. The van der Waals surface area contributed by atoms with Crippen molar-refractivity contribution < 1.29 is 4.79 Å². The van der Waals surface area contributed by atoms with Crippen LogP contribution >= 0.6 is 24.0 Å². The Hall–Kier alpha value is -3.20. The molecule has 10 heteroatoms. The number of hydrogen-bond donors (Lipinski definition) is 1. The van der Waals surface area contributed by atoms with Gasteiger partial charge < -0.3 is 10.6 Å². The zero-order valence-corrected chi connectivity index (χ0v) is 21.9. The van der Waals surface area contributed by atoms with Crippen LogP contribution in [0.25, 0.3) is 5.65 Å². The van der Waals surface area contributed by atoms with Crippen molar-refractivity contribution in [2.24, 2.45) is 5.73 Å². The molecule has 0 radical (unpaired) electrons. The molecule has 0 unspecified atom stereocenters. The van der Waals surface area contributed by atoms with E-state index in [1.165, 1.54) is 10.7 Å². The summed E-state index contributed by atoms with van der Waals surface area (Å²) in [6.45, 7) is 5.11. The van der Waals surface area contributed by atoms with Gasteiger partial charge in [0.05, 0.1) is 18.8 Å². The number of carbonyl (C=O) groups excluding carboxylic acids is 1. The first kappa shape index (κ1) is 27.4. The summed E-state index contributed by atoms with van der Waals surface area (Å²) in [6, 6.07) is 16.7. The Morgan fingerprint density at radius 3 is 2.47 bits per heavy atom. The van der Waals surface area contributed by atoms with Crippen LogP contribution in [0.2, 0.25) is 5.02 Å². The molecular formula is C26H30Cl2N6O2. The second-order valence-corrected chi connectivity index (χ2v) is 8.89. The molecule has 190 valence electrons. The van der Waals surface area contributed by atoms with Gasteiger partial charge in [-0.25, -0.2) is 9.78 Å². The minimum absolute atomic E-state index is 0. The first-order valence-corrected chi connectivity index (χ1v) is 12.1. The summed E-state index contributed by atoms with van der Waals surface area (Å²) in [4.78, 5) is 33.8. The summed E-state index contributed by atoms with van der Waals surface area (Å²) < 4.78 is 2.78. The Morgan fingerprint density at radius 1 is 1.14 bits per heavy atom. The molecule has 1 amide bonds.